The van der Waals surface area contributed by atoms with Crippen LogP contribution in [-0.4, -0.2) is 32.9 Å². The fourth-order valence-corrected chi connectivity index (χ4v) is 3.70. The van der Waals surface area contributed by atoms with Crippen LogP contribution in [0.25, 0.3) is 0 Å². The summed E-state index contributed by atoms with van der Waals surface area (Å²) < 4.78 is 0. The smallest absolute Gasteiger partial charge is 0.0738 e. The first-order valence-corrected chi connectivity index (χ1v) is 8.90. The monoisotopic (exact) mass is 277 g/mol. The molecule has 1 saturated heterocycles. The van der Waals surface area contributed by atoms with E-state index >= 15 is 0 Å². The molecule has 20 heavy (non-hydrogen) atoms. The van der Waals surface area contributed by atoms with Gasteiger partial charge in [0.1, 0.15) is 0 Å². The summed E-state index contributed by atoms with van der Waals surface area (Å²) in [4.78, 5) is 2.58. The van der Waals surface area contributed by atoms with Crippen molar-refractivity contribution in [1.82, 2.24) is 4.90 Å². The van der Waals surface area contributed by atoms with Crippen LogP contribution in [-0.2, 0) is 0 Å². The molecule has 2 radical (unpaired) electrons. The Kier molecular flexibility index (Phi) is 8.25. The van der Waals surface area contributed by atoms with Gasteiger partial charge in [-0.3, -0.25) is 0 Å². The van der Waals surface area contributed by atoms with E-state index in [1.807, 2.05) is 0 Å². The molecule has 116 valence electrons. The molecule has 0 aromatic rings. The van der Waals surface area contributed by atoms with Crippen LogP contribution in [0, 0.1) is 11.8 Å². The third-order valence-corrected chi connectivity index (χ3v) is 5.00. The van der Waals surface area contributed by atoms with Crippen LogP contribution in [0.1, 0.15) is 78.6 Å². The normalized spacial score (nSPS) is 27.4. The van der Waals surface area contributed by atoms with Crippen molar-refractivity contribution < 1.29 is 0 Å². The predicted molar refractivity (Wildman–Crippen MR) is 91.5 cm³/mol. The van der Waals surface area contributed by atoms with Crippen LogP contribution in [0.4, 0.5) is 0 Å². The molecular formula is C18H36BN. The highest BCUT2D eigenvalue weighted by Gasteiger charge is 2.22. The lowest BCUT2D eigenvalue weighted by Crippen LogP contribution is -2.31. The molecule has 1 nitrogen and oxygen atoms in total. The largest absolute Gasteiger partial charge is 0.306 e. The summed E-state index contributed by atoms with van der Waals surface area (Å²) >= 11 is 0. The maximum absolute atomic E-state index is 6.14. The van der Waals surface area contributed by atoms with Gasteiger partial charge in [-0.1, -0.05) is 71.0 Å². The third kappa shape index (κ3) is 7.71. The highest BCUT2D eigenvalue weighted by molar-refractivity contribution is 6.14. The molecule has 1 heterocycles. The molecule has 0 aromatic carbocycles. The summed E-state index contributed by atoms with van der Waals surface area (Å²) in [7, 11) is 8.45. The molecule has 0 aromatic heterocycles. The van der Waals surface area contributed by atoms with Gasteiger partial charge < -0.3 is 4.90 Å². The molecule has 0 spiro atoms. The molecule has 1 aliphatic heterocycles. The molecule has 0 N–H and O–H groups in total. The third-order valence-electron chi connectivity index (χ3n) is 5.00. The van der Waals surface area contributed by atoms with E-state index < -0.39 is 0 Å². The zero-order chi connectivity index (χ0) is 15.0. The van der Waals surface area contributed by atoms with Crippen LogP contribution >= 0.6 is 0 Å². The topological polar surface area (TPSA) is 3.24 Å². The molecule has 2 unspecified atom stereocenters. The van der Waals surface area contributed by atoms with E-state index in [-0.39, 0.29) is 5.31 Å². The van der Waals surface area contributed by atoms with Crippen LogP contribution in [0.2, 0.25) is 5.31 Å². The summed E-state index contributed by atoms with van der Waals surface area (Å²) in [5, 5.41) is 0.00357. The van der Waals surface area contributed by atoms with E-state index in [0.29, 0.717) is 0 Å². The summed E-state index contributed by atoms with van der Waals surface area (Å²) in [6, 6.07) is 0. The Bertz CT molecular complexity index is 246. The lowest BCUT2D eigenvalue weighted by Gasteiger charge is -2.32. The Balaban J connectivity index is 2.52. The van der Waals surface area contributed by atoms with Crippen LogP contribution < -0.4 is 0 Å². The van der Waals surface area contributed by atoms with Gasteiger partial charge in [-0.15, -0.1) is 0 Å². The fourth-order valence-electron chi connectivity index (χ4n) is 3.70. The van der Waals surface area contributed by atoms with Crippen molar-refractivity contribution in [1.29, 1.82) is 0 Å². The first-order valence-electron chi connectivity index (χ1n) is 8.90. The first-order chi connectivity index (χ1) is 9.42. The molecule has 0 saturated carbocycles. The average molecular weight is 277 g/mol. The SMILES string of the molecule is [B]C(C)(C)CCCC1CN(C)CCCCCCC1CC. The Morgan fingerprint density at radius 3 is 2.45 bits per heavy atom. The lowest BCUT2D eigenvalue weighted by molar-refractivity contribution is 0.180. The minimum atomic E-state index is 0.00357. The quantitative estimate of drug-likeness (QED) is 0.635. The van der Waals surface area contributed by atoms with Crippen molar-refractivity contribution in [2.75, 3.05) is 20.1 Å². The Labute approximate surface area is 129 Å². The molecule has 2 heteroatoms. The maximum atomic E-state index is 6.14. The molecule has 1 aliphatic rings. The van der Waals surface area contributed by atoms with Crippen molar-refractivity contribution in [2.45, 2.75) is 83.9 Å². The van der Waals surface area contributed by atoms with Gasteiger partial charge in [0.2, 0.25) is 0 Å². The van der Waals surface area contributed by atoms with Gasteiger partial charge in [-0.25, -0.2) is 0 Å². The van der Waals surface area contributed by atoms with E-state index in [4.69, 9.17) is 7.85 Å². The molecule has 0 aliphatic carbocycles. The Hall–Kier alpha value is 0.0249. The van der Waals surface area contributed by atoms with Crippen molar-refractivity contribution >= 4 is 7.85 Å². The maximum Gasteiger partial charge on any atom is 0.0738 e. The Morgan fingerprint density at radius 1 is 1.10 bits per heavy atom. The highest BCUT2D eigenvalue weighted by Crippen LogP contribution is 2.32. The first kappa shape index (κ1) is 18.1. The molecule has 0 bridgehead atoms. The summed E-state index contributed by atoms with van der Waals surface area (Å²) in [5.41, 5.74) is 0. The van der Waals surface area contributed by atoms with Crippen LogP contribution in [0.15, 0.2) is 0 Å². The highest BCUT2D eigenvalue weighted by atomic mass is 15.1. The summed E-state index contributed by atoms with van der Waals surface area (Å²) in [6.07, 6.45) is 12.3. The van der Waals surface area contributed by atoms with Gasteiger partial charge in [0.05, 0.1) is 7.85 Å². The Morgan fingerprint density at radius 2 is 1.80 bits per heavy atom. The van der Waals surface area contributed by atoms with Gasteiger partial charge >= 0.3 is 0 Å². The average Bonchev–Trinajstić information content (AvgIpc) is 2.35. The molecule has 1 fully saturated rings. The minimum absolute atomic E-state index is 0.00357. The van der Waals surface area contributed by atoms with E-state index in [9.17, 15) is 0 Å². The van der Waals surface area contributed by atoms with Gasteiger partial charge in [-0.05, 0) is 38.3 Å². The van der Waals surface area contributed by atoms with Crippen molar-refractivity contribution in [3.63, 3.8) is 0 Å². The second-order valence-corrected chi connectivity index (χ2v) is 7.77. The molecular weight excluding hydrogens is 241 g/mol. The van der Waals surface area contributed by atoms with Gasteiger partial charge in [0.25, 0.3) is 0 Å². The lowest BCUT2D eigenvalue weighted by atomic mass is 9.68. The summed E-state index contributed by atoms with van der Waals surface area (Å²) in [6.45, 7) is 9.28. The zero-order valence-electron chi connectivity index (χ0n) is 14.5. The van der Waals surface area contributed by atoms with Gasteiger partial charge in [0.15, 0.2) is 0 Å². The van der Waals surface area contributed by atoms with Crippen LogP contribution in [0.5, 0.6) is 0 Å². The molecule has 2 atom stereocenters. The van der Waals surface area contributed by atoms with E-state index in [1.54, 1.807) is 0 Å². The zero-order valence-corrected chi connectivity index (χ0v) is 14.5. The van der Waals surface area contributed by atoms with E-state index in [2.05, 4.69) is 32.7 Å². The van der Waals surface area contributed by atoms with Gasteiger partial charge in [0, 0.05) is 6.54 Å². The number of rotatable bonds is 5. The predicted octanol–water partition coefficient (Wildman–Crippen LogP) is 5.06. The number of hydrogen-bond donors (Lipinski definition) is 0. The fraction of sp³-hybridized carbons (Fsp3) is 1.00. The van der Waals surface area contributed by atoms with Gasteiger partial charge in [-0.2, -0.15) is 0 Å². The van der Waals surface area contributed by atoms with Crippen molar-refractivity contribution in [2.24, 2.45) is 11.8 Å². The standard InChI is InChI=1S/C18H36BN/c1-5-16-11-8-6-7-9-14-20(4)15-17(16)12-10-13-18(2,3)19/h16-17H,5-15H2,1-4H3. The molecule has 0 amide bonds. The second-order valence-electron chi connectivity index (χ2n) is 7.77. The van der Waals surface area contributed by atoms with Crippen LogP contribution in [0.3, 0.4) is 0 Å². The number of hydrogen-bond acceptors (Lipinski definition) is 1. The summed E-state index contributed by atoms with van der Waals surface area (Å²) in [5.74, 6) is 1.81. The van der Waals surface area contributed by atoms with Crippen molar-refractivity contribution in [3.05, 3.63) is 0 Å². The van der Waals surface area contributed by atoms with E-state index in [1.165, 1.54) is 64.5 Å². The minimum Gasteiger partial charge on any atom is -0.306 e. The second kappa shape index (κ2) is 9.13. The number of nitrogens with zero attached hydrogens (tertiary/aromatic N) is 1. The molecule has 1 rings (SSSR count). The van der Waals surface area contributed by atoms with E-state index in [0.717, 1.165) is 18.3 Å². The van der Waals surface area contributed by atoms with Crippen molar-refractivity contribution in [3.8, 4) is 0 Å².